The molecule has 29 heavy (non-hydrogen) atoms. The Kier molecular flexibility index (Phi) is 8.88. The van der Waals surface area contributed by atoms with Crippen LogP contribution in [-0.2, 0) is 6.54 Å². The van der Waals surface area contributed by atoms with Crippen LogP contribution in [0.25, 0.3) is 0 Å². The lowest BCUT2D eigenvalue weighted by atomic mass is 10.2. The Morgan fingerprint density at radius 1 is 1.31 bits per heavy atom. The Morgan fingerprint density at radius 3 is 2.83 bits per heavy atom. The molecule has 1 saturated heterocycles. The molecule has 1 aromatic carbocycles. The average molecular weight is 528 g/mol. The maximum Gasteiger partial charge on any atom is 0.291 e. The van der Waals surface area contributed by atoms with Crippen LogP contribution in [0.2, 0.25) is 0 Å². The maximum atomic E-state index is 12.2. The fourth-order valence-electron chi connectivity index (χ4n) is 3.14. The number of anilines is 1. The van der Waals surface area contributed by atoms with Crippen LogP contribution in [0.4, 0.5) is 5.69 Å². The molecule has 0 aliphatic carbocycles. The first-order valence-electron chi connectivity index (χ1n) is 9.58. The molecule has 3 rings (SSSR count). The molecule has 2 aromatic rings. The van der Waals surface area contributed by atoms with E-state index in [1.807, 2.05) is 36.0 Å². The molecule has 1 aliphatic rings. The van der Waals surface area contributed by atoms with Gasteiger partial charge in [-0.3, -0.25) is 4.79 Å². The van der Waals surface area contributed by atoms with Crippen molar-refractivity contribution < 1.29 is 9.21 Å². The number of carbonyl (C=O) groups excluding carboxylic acids is 1. The number of amides is 1. The van der Waals surface area contributed by atoms with Gasteiger partial charge in [-0.25, -0.2) is 4.99 Å². The van der Waals surface area contributed by atoms with Gasteiger partial charge in [-0.05, 0) is 50.6 Å². The number of rotatable bonds is 5. The minimum Gasteiger partial charge on any atom is -0.459 e. The van der Waals surface area contributed by atoms with E-state index in [-0.39, 0.29) is 34.6 Å². The minimum absolute atomic E-state index is 0. The molecule has 8 heteroatoms. The van der Waals surface area contributed by atoms with Crippen molar-refractivity contribution in [2.45, 2.75) is 32.1 Å². The van der Waals surface area contributed by atoms with E-state index >= 15 is 0 Å². The highest BCUT2D eigenvalue weighted by molar-refractivity contribution is 14.0. The van der Waals surface area contributed by atoms with Gasteiger partial charge >= 0.3 is 0 Å². The lowest BCUT2D eigenvalue weighted by Crippen LogP contribution is -2.50. The number of hydrogen-bond donors (Lipinski definition) is 2. The van der Waals surface area contributed by atoms with Gasteiger partial charge < -0.3 is 20.0 Å². The maximum absolute atomic E-state index is 12.2. The van der Waals surface area contributed by atoms with E-state index in [4.69, 9.17) is 9.41 Å². The van der Waals surface area contributed by atoms with Crippen LogP contribution in [0.1, 0.15) is 36.9 Å². The number of hydrogen-bond acceptors (Lipinski definition) is 4. The molecule has 1 aliphatic heterocycles. The zero-order chi connectivity index (χ0) is 20.0. The van der Waals surface area contributed by atoms with Crippen molar-refractivity contribution >= 4 is 53.3 Å². The van der Waals surface area contributed by atoms with Gasteiger partial charge in [-0.2, -0.15) is 11.8 Å². The standard InChI is InChI=1S/C21H28N4O2S.HI/c1-4-22-20(25-10-12-28-21(2,3)15-25)23-14-16-7-5-8-17(13-16)24-19(26)18-9-6-11-27-18;/h5-9,11,13H,4,10,12,14-15H2,1-3H3,(H,22,23)(H,24,26);1H. The summed E-state index contributed by atoms with van der Waals surface area (Å²) in [6, 6.07) is 11.1. The van der Waals surface area contributed by atoms with Gasteiger partial charge in [0.2, 0.25) is 0 Å². The summed E-state index contributed by atoms with van der Waals surface area (Å²) < 4.78 is 5.36. The molecule has 158 valence electrons. The first-order chi connectivity index (χ1) is 13.5. The fourth-order valence-corrected chi connectivity index (χ4v) is 4.25. The van der Waals surface area contributed by atoms with Crippen LogP contribution in [0.3, 0.4) is 0 Å². The highest BCUT2D eigenvalue weighted by Gasteiger charge is 2.28. The van der Waals surface area contributed by atoms with Crippen molar-refractivity contribution in [3.63, 3.8) is 0 Å². The molecule has 1 amide bonds. The van der Waals surface area contributed by atoms with Crippen molar-refractivity contribution in [1.29, 1.82) is 0 Å². The number of nitrogens with one attached hydrogen (secondary N) is 2. The zero-order valence-electron chi connectivity index (χ0n) is 17.1. The Labute approximate surface area is 193 Å². The van der Waals surface area contributed by atoms with Gasteiger partial charge in [0.1, 0.15) is 0 Å². The predicted octanol–water partition coefficient (Wildman–Crippen LogP) is 4.44. The van der Waals surface area contributed by atoms with Crippen molar-refractivity contribution in [1.82, 2.24) is 10.2 Å². The summed E-state index contributed by atoms with van der Waals surface area (Å²) in [6.07, 6.45) is 1.49. The van der Waals surface area contributed by atoms with Crippen LogP contribution in [0.15, 0.2) is 52.1 Å². The Bertz CT molecular complexity index is 824. The van der Waals surface area contributed by atoms with Crippen LogP contribution in [-0.4, -0.2) is 46.9 Å². The van der Waals surface area contributed by atoms with Crippen molar-refractivity contribution in [2.75, 3.05) is 30.7 Å². The second-order valence-corrected chi connectivity index (χ2v) is 9.13. The largest absolute Gasteiger partial charge is 0.459 e. The number of benzene rings is 1. The molecule has 0 atom stereocenters. The third-order valence-corrected chi connectivity index (χ3v) is 5.70. The molecule has 0 radical (unpaired) electrons. The Morgan fingerprint density at radius 2 is 2.14 bits per heavy atom. The van der Waals surface area contributed by atoms with Crippen molar-refractivity contribution in [2.24, 2.45) is 4.99 Å². The number of aliphatic imine (C=N–C) groups is 1. The van der Waals surface area contributed by atoms with Crippen molar-refractivity contribution in [3.8, 4) is 0 Å². The Balaban J connectivity index is 0.00000300. The van der Waals surface area contributed by atoms with E-state index in [0.29, 0.717) is 12.3 Å². The molecule has 2 heterocycles. The molecule has 1 aromatic heterocycles. The summed E-state index contributed by atoms with van der Waals surface area (Å²) in [4.78, 5) is 19.3. The normalized spacial score (nSPS) is 16.1. The number of furan rings is 1. The molecule has 2 N–H and O–H groups in total. The number of guanidine groups is 1. The number of nitrogens with zero attached hydrogens (tertiary/aromatic N) is 2. The van der Waals surface area contributed by atoms with Gasteiger partial charge in [0, 0.05) is 35.8 Å². The van der Waals surface area contributed by atoms with E-state index in [9.17, 15) is 4.79 Å². The first kappa shape index (κ1) is 23.6. The lowest BCUT2D eigenvalue weighted by molar-refractivity contribution is 0.0996. The minimum atomic E-state index is -0.257. The quantitative estimate of drug-likeness (QED) is 0.341. The van der Waals surface area contributed by atoms with Gasteiger partial charge in [0.05, 0.1) is 12.8 Å². The van der Waals surface area contributed by atoms with Gasteiger partial charge in [0.25, 0.3) is 5.91 Å². The molecule has 0 bridgehead atoms. The van der Waals surface area contributed by atoms with E-state index in [1.54, 1.807) is 12.1 Å². The summed E-state index contributed by atoms with van der Waals surface area (Å²) in [7, 11) is 0. The fraction of sp³-hybridized carbons (Fsp3) is 0.429. The second-order valence-electron chi connectivity index (χ2n) is 7.33. The van der Waals surface area contributed by atoms with Crippen LogP contribution >= 0.6 is 35.7 Å². The summed E-state index contributed by atoms with van der Waals surface area (Å²) in [5.41, 5.74) is 1.77. The summed E-state index contributed by atoms with van der Waals surface area (Å²) in [5, 5.41) is 6.27. The van der Waals surface area contributed by atoms with Crippen LogP contribution in [0.5, 0.6) is 0 Å². The van der Waals surface area contributed by atoms with Gasteiger partial charge in [-0.15, -0.1) is 24.0 Å². The number of thioether (sulfide) groups is 1. The molecular formula is C21H29IN4O2S. The van der Waals surface area contributed by atoms with Gasteiger partial charge in [-0.1, -0.05) is 12.1 Å². The second kappa shape index (κ2) is 10.9. The molecule has 0 unspecified atom stereocenters. The summed E-state index contributed by atoms with van der Waals surface area (Å²) in [5.74, 6) is 2.09. The Hall–Kier alpha value is -1.68. The van der Waals surface area contributed by atoms with Crippen LogP contribution in [0, 0.1) is 0 Å². The average Bonchev–Trinajstić information content (AvgIpc) is 3.19. The smallest absolute Gasteiger partial charge is 0.291 e. The molecule has 1 fully saturated rings. The highest BCUT2D eigenvalue weighted by Crippen LogP contribution is 2.29. The topological polar surface area (TPSA) is 69.9 Å². The zero-order valence-corrected chi connectivity index (χ0v) is 20.3. The van der Waals surface area contributed by atoms with E-state index in [2.05, 4.69) is 36.3 Å². The van der Waals surface area contributed by atoms with E-state index < -0.39 is 0 Å². The molecular weight excluding hydrogens is 499 g/mol. The molecule has 0 spiro atoms. The predicted molar refractivity (Wildman–Crippen MR) is 131 cm³/mol. The van der Waals surface area contributed by atoms with Crippen molar-refractivity contribution in [3.05, 3.63) is 54.0 Å². The highest BCUT2D eigenvalue weighted by atomic mass is 127. The molecule has 6 nitrogen and oxygen atoms in total. The summed E-state index contributed by atoms with van der Waals surface area (Å²) in [6.45, 7) is 10.0. The monoisotopic (exact) mass is 528 g/mol. The third-order valence-electron chi connectivity index (χ3n) is 4.40. The first-order valence-corrected chi connectivity index (χ1v) is 10.6. The molecule has 0 saturated carbocycles. The number of carbonyl (C=O) groups is 1. The van der Waals surface area contributed by atoms with Crippen LogP contribution < -0.4 is 10.6 Å². The summed E-state index contributed by atoms with van der Waals surface area (Å²) >= 11 is 2.01. The van der Waals surface area contributed by atoms with E-state index in [0.717, 1.165) is 42.6 Å². The number of halogens is 1. The SMILES string of the molecule is CCNC(=NCc1cccc(NC(=O)c2ccco2)c1)N1CCSC(C)(C)C1.I. The lowest BCUT2D eigenvalue weighted by Gasteiger charge is -2.39. The van der Waals surface area contributed by atoms with E-state index in [1.165, 1.54) is 6.26 Å². The third kappa shape index (κ3) is 6.95. The van der Waals surface area contributed by atoms with Gasteiger partial charge in [0.15, 0.2) is 11.7 Å².